The van der Waals surface area contributed by atoms with Crippen LogP contribution >= 0.6 is 0 Å². The van der Waals surface area contributed by atoms with Gasteiger partial charge in [-0.2, -0.15) is 13.2 Å². The van der Waals surface area contributed by atoms with Gasteiger partial charge < -0.3 is 4.74 Å². The van der Waals surface area contributed by atoms with Crippen molar-refractivity contribution >= 4 is 0 Å². The highest BCUT2D eigenvalue weighted by Gasteiger charge is 2.27. The maximum absolute atomic E-state index is 11.5. The number of hydrogen-bond donors (Lipinski definition) is 0. The lowest BCUT2D eigenvalue weighted by Crippen LogP contribution is -2.13. The molecule has 0 saturated heterocycles. The van der Waals surface area contributed by atoms with Crippen molar-refractivity contribution in [2.45, 2.75) is 25.1 Å². The summed E-state index contributed by atoms with van der Waals surface area (Å²) < 4.78 is 38.9. The second-order valence-corrected chi connectivity index (χ2v) is 2.01. The van der Waals surface area contributed by atoms with Gasteiger partial charge in [-0.05, 0) is 13.3 Å². The van der Waals surface area contributed by atoms with Crippen LogP contribution in [0, 0.1) is 6.92 Å². The number of methoxy groups -OCH3 is 1. The maximum atomic E-state index is 11.5. The van der Waals surface area contributed by atoms with E-state index in [9.17, 15) is 13.2 Å². The lowest BCUT2D eigenvalue weighted by atomic mass is 10.2. The Balaban J connectivity index is 3.36. The molecule has 0 aliphatic heterocycles. The quantitative estimate of drug-likeness (QED) is 0.607. The zero-order valence-corrected chi connectivity index (χ0v) is 5.74. The third-order valence-electron chi connectivity index (χ3n) is 1.08. The molecule has 0 spiro atoms. The molecule has 0 aliphatic rings. The first-order valence-corrected chi connectivity index (χ1v) is 2.88. The summed E-state index contributed by atoms with van der Waals surface area (Å²) in [7, 11) is 1.34. The SMILES string of the molecule is [CH2]C(CCC(F)(F)F)OC. The molecule has 0 heterocycles. The van der Waals surface area contributed by atoms with Gasteiger partial charge in [-0.1, -0.05) is 0 Å². The third-order valence-corrected chi connectivity index (χ3v) is 1.08. The Morgan fingerprint density at radius 1 is 1.50 bits per heavy atom. The minimum atomic E-state index is -4.09. The first-order chi connectivity index (χ1) is 4.45. The first-order valence-electron chi connectivity index (χ1n) is 2.88. The van der Waals surface area contributed by atoms with Crippen molar-refractivity contribution in [1.82, 2.24) is 0 Å². The summed E-state index contributed by atoms with van der Waals surface area (Å²) in [6.45, 7) is 3.34. The van der Waals surface area contributed by atoms with E-state index in [1.54, 1.807) is 0 Å². The van der Waals surface area contributed by atoms with Gasteiger partial charge in [-0.25, -0.2) is 0 Å². The van der Waals surface area contributed by atoms with Crippen LogP contribution in [0.5, 0.6) is 0 Å². The van der Waals surface area contributed by atoms with Crippen LogP contribution in [0.2, 0.25) is 0 Å². The summed E-state index contributed by atoms with van der Waals surface area (Å²) in [5.74, 6) is 0. The van der Waals surface area contributed by atoms with Crippen molar-refractivity contribution in [2.24, 2.45) is 0 Å². The molecule has 1 atom stereocenters. The van der Waals surface area contributed by atoms with Gasteiger partial charge in [0.25, 0.3) is 0 Å². The molecule has 1 radical (unpaired) electrons. The summed E-state index contributed by atoms with van der Waals surface area (Å²) in [5, 5.41) is 0. The van der Waals surface area contributed by atoms with Gasteiger partial charge in [-0.3, -0.25) is 0 Å². The standard InChI is InChI=1S/C6H10F3O/c1-5(10-2)3-4-6(7,8)9/h5H,1,3-4H2,2H3. The van der Waals surface area contributed by atoms with Crippen molar-refractivity contribution < 1.29 is 17.9 Å². The number of hydrogen-bond acceptors (Lipinski definition) is 1. The van der Waals surface area contributed by atoms with Gasteiger partial charge >= 0.3 is 6.18 Å². The van der Waals surface area contributed by atoms with E-state index in [0.717, 1.165) is 0 Å². The predicted octanol–water partition coefficient (Wildman–Crippen LogP) is 2.18. The molecule has 0 aromatic carbocycles. The van der Waals surface area contributed by atoms with E-state index in [2.05, 4.69) is 11.7 Å². The summed E-state index contributed by atoms with van der Waals surface area (Å²) in [5.41, 5.74) is 0. The topological polar surface area (TPSA) is 9.23 Å². The lowest BCUT2D eigenvalue weighted by Gasteiger charge is -2.10. The van der Waals surface area contributed by atoms with Crippen LogP contribution in [0.15, 0.2) is 0 Å². The maximum Gasteiger partial charge on any atom is 0.389 e. The average molecular weight is 155 g/mol. The second kappa shape index (κ2) is 3.81. The van der Waals surface area contributed by atoms with Gasteiger partial charge in [-0.15, -0.1) is 0 Å². The Hall–Kier alpha value is -0.250. The second-order valence-electron chi connectivity index (χ2n) is 2.01. The molecule has 0 aromatic heterocycles. The Bertz CT molecular complexity index is 89.5. The fraction of sp³-hybridized carbons (Fsp3) is 0.833. The Labute approximate surface area is 58.2 Å². The lowest BCUT2D eigenvalue weighted by molar-refractivity contribution is -0.139. The predicted molar refractivity (Wildman–Crippen MR) is 31.4 cm³/mol. The van der Waals surface area contributed by atoms with E-state index < -0.39 is 18.7 Å². The fourth-order valence-electron chi connectivity index (χ4n) is 0.443. The summed E-state index contributed by atoms with van der Waals surface area (Å²) in [6, 6.07) is 0. The minimum absolute atomic E-state index is 0.0694. The Morgan fingerprint density at radius 3 is 2.30 bits per heavy atom. The highest BCUT2D eigenvalue weighted by Crippen LogP contribution is 2.22. The van der Waals surface area contributed by atoms with E-state index in [1.165, 1.54) is 7.11 Å². The zero-order chi connectivity index (χ0) is 8.20. The van der Waals surface area contributed by atoms with Crippen molar-refractivity contribution in [3.8, 4) is 0 Å². The molecule has 1 nitrogen and oxygen atoms in total. The summed E-state index contributed by atoms with van der Waals surface area (Å²) in [6.07, 6.45) is -5.54. The van der Waals surface area contributed by atoms with Crippen molar-refractivity contribution in [3.63, 3.8) is 0 Å². The van der Waals surface area contributed by atoms with E-state index in [1.807, 2.05) is 0 Å². The van der Waals surface area contributed by atoms with Crippen molar-refractivity contribution in [3.05, 3.63) is 6.92 Å². The molecule has 0 bridgehead atoms. The average Bonchev–Trinajstić information content (AvgIpc) is 1.81. The molecule has 4 heteroatoms. The Kier molecular flexibility index (Phi) is 3.71. The van der Waals surface area contributed by atoms with Gasteiger partial charge in [0.05, 0.1) is 6.10 Å². The number of rotatable bonds is 3. The molecule has 0 rings (SSSR count). The van der Waals surface area contributed by atoms with Crippen molar-refractivity contribution in [2.75, 3.05) is 7.11 Å². The van der Waals surface area contributed by atoms with Crippen LogP contribution < -0.4 is 0 Å². The van der Waals surface area contributed by atoms with Gasteiger partial charge in [0.1, 0.15) is 0 Å². The van der Waals surface area contributed by atoms with E-state index in [0.29, 0.717) is 0 Å². The van der Waals surface area contributed by atoms with Crippen LogP contribution in [0.3, 0.4) is 0 Å². The number of alkyl halides is 3. The van der Waals surface area contributed by atoms with Gasteiger partial charge in [0.2, 0.25) is 0 Å². The molecular formula is C6H10F3O. The molecule has 61 valence electrons. The van der Waals surface area contributed by atoms with Crippen LogP contribution in [0.25, 0.3) is 0 Å². The molecule has 0 aliphatic carbocycles. The van der Waals surface area contributed by atoms with Crippen LogP contribution in [0.1, 0.15) is 12.8 Å². The monoisotopic (exact) mass is 155 g/mol. The third kappa shape index (κ3) is 5.88. The number of halogens is 3. The molecule has 0 fully saturated rings. The van der Waals surface area contributed by atoms with Gasteiger partial charge in [0.15, 0.2) is 0 Å². The molecule has 1 unspecified atom stereocenters. The number of ether oxygens (including phenoxy) is 1. The molecule has 0 N–H and O–H groups in total. The summed E-state index contributed by atoms with van der Waals surface area (Å²) >= 11 is 0. The zero-order valence-electron chi connectivity index (χ0n) is 5.74. The minimum Gasteiger partial charge on any atom is -0.381 e. The van der Waals surface area contributed by atoms with Crippen LogP contribution in [0.4, 0.5) is 13.2 Å². The van der Waals surface area contributed by atoms with Crippen molar-refractivity contribution in [1.29, 1.82) is 0 Å². The molecule has 0 saturated carbocycles. The smallest absolute Gasteiger partial charge is 0.381 e. The summed E-state index contributed by atoms with van der Waals surface area (Å²) in [4.78, 5) is 0. The highest BCUT2D eigenvalue weighted by atomic mass is 19.4. The van der Waals surface area contributed by atoms with E-state index in [4.69, 9.17) is 0 Å². The first kappa shape index (κ1) is 9.75. The normalized spacial score (nSPS) is 15.3. The Morgan fingerprint density at radius 2 is 2.00 bits per heavy atom. The fourth-order valence-corrected chi connectivity index (χ4v) is 0.443. The van der Waals surface area contributed by atoms with E-state index >= 15 is 0 Å². The highest BCUT2D eigenvalue weighted by molar-refractivity contribution is 4.62. The van der Waals surface area contributed by atoms with Crippen LogP contribution in [-0.2, 0) is 4.74 Å². The van der Waals surface area contributed by atoms with Crippen LogP contribution in [-0.4, -0.2) is 19.4 Å². The van der Waals surface area contributed by atoms with Gasteiger partial charge in [0, 0.05) is 13.5 Å². The molecule has 10 heavy (non-hydrogen) atoms. The molecule has 0 aromatic rings. The molecular weight excluding hydrogens is 145 g/mol. The van der Waals surface area contributed by atoms with E-state index in [-0.39, 0.29) is 6.42 Å². The largest absolute Gasteiger partial charge is 0.389 e. The molecule has 0 amide bonds.